The monoisotopic (exact) mass is 435 g/mol. The molecule has 5 rings (SSSR count). The number of hydrogen-bond acceptors (Lipinski definition) is 3. The van der Waals surface area contributed by atoms with Gasteiger partial charge in [0.05, 0.1) is 17.2 Å². The van der Waals surface area contributed by atoms with E-state index >= 15 is 0 Å². The van der Waals surface area contributed by atoms with Gasteiger partial charge in [0.15, 0.2) is 0 Å². The summed E-state index contributed by atoms with van der Waals surface area (Å²) in [4.78, 5) is 11.2. The van der Waals surface area contributed by atoms with Gasteiger partial charge in [-0.2, -0.15) is 5.10 Å². The lowest BCUT2D eigenvalue weighted by Gasteiger charge is -2.26. The number of H-pyrrole nitrogens is 1. The second kappa shape index (κ2) is 8.39. The highest BCUT2D eigenvalue weighted by Crippen LogP contribution is 2.40. The van der Waals surface area contributed by atoms with Crippen LogP contribution in [0.5, 0.6) is 0 Å². The summed E-state index contributed by atoms with van der Waals surface area (Å²) >= 11 is 0. The van der Waals surface area contributed by atoms with Crippen molar-refractivity contribution in [2.75, 3.05) is 13.2 Å². The average Bonchev–Trinajstić information content (AvgIpc) is 3.36. The molecule has 6 nitrogen and oxygen atoms in total. The number of hydrogen-bond donors (Lipinski definition) is 2. The molecule has 0 bridgehead atoms. The van der Waals surface area contributed by atoms with Crippen LogP contribution in [0.1, 0.15) is 48.4 Å². The number of benzene rings is 2. The first-order chi connectivity index (χ1) is 15.5. The molecule has 0 amide bonds. The van der Waals surface area contributed by atoms with E-state index in [-0.39, 0.29) is 18.2 Å². The van der Waals surface area contributed by atoms with Gasteiger partial charge in [0.2, 0.25) is 0 Å². The topological polar surface area (TPSA) is 80.1 Å². The molecule has 4 aromatic rings. The number of carboxylic acid groups (broad SMARTS) is 1. The Labute approximate surface area is 185 Å². The van der Waals surface area contributed by atoms with Gasteiger partial charge in [-0.25, -0.2) is 4.39 Å². The fraction of sp³-hybridized carbons (Fsp3) is 0.360. The van der Waals surface area contributed by atoms with Crippen molar-refractivity contribution in [2.45, 2.75) is 44.9 Å². The third-order valence-electron chi connectivity index (χ3n) is 6.50. The first-order valence-electron chi connectivity index (χ1n) is 11.1. The Morgan fingerprint density at radius 1 is 1.28 bits per heavy atom. The molecule has 0 unspecified atom stereocenters. The zero-order valence-corrected chi connectivity index (χ0v) is 18.0. The standard InChI is InChI=1S/C25H26FN3O3/c1-15-11-18(5-6-21(15)26)29-23-12-17-14-27-28-22(17)13-20(23)19(3-2-4-24(30)31)25(29)16-7-9-32-10-8-16/h5-6,11-14,16H,2-4,7-10H2,1H3,(H,27,28)(H,30,31). The van der Waals surface area contributed by atoms with Gasteiger partial charge in [-0.15, -0.1) is 0 Å². The number of carbonyl (C=O) groups is 1. The molecule has 0 spiro atoms. The van der Waals surface area contributed by atoms with E-state index in [1.54, 1.807) is 13.1 Å². The predicted molar refractivity (Wildman–Crippen MR) is 121 cm³/mol. The second-order valence-corrected chi connectivity index (χ2v) is 8.59. The van der Waals surface area contributed by atoms with E-state index in [0.717, 1.165) is 40.3 Å². The summed E-state index contributed by atoms with van der Waals surface area (Å²) in [5, 5.41) is 18.5. The normalized spacial score (nSPS) is 15.1. The van der Waals surface area contributed by atoms with Crippen LogP contribution in [0.4, 0.5) is 4.39 Å². The molecule has 2 aromatic heterocycles. The maximum atomic E-state index is 14.1. The summed E-state index contributed by atoms with van der Waals surface area (Å²) in [6.45, 7) is 3.18. The summed E-state index contributed by atoms with van der Waals surface area (Å²) in [6, 6.07) is 9.47. The van der Waals surface area contributed by atoms with Gasteiger partial charge in [0.1, 0.15) is 5.82 Å². The quantitative estimate of drug-likeness (QED) is 0.433. The highest BCUT2D eigenvalue weighted by molar-refractivity contribution is 5.98. The first-order valence-corrected chi connectivity index (χ1v) is 11.1. The van der Waals surface area contributed by atoms with Crippen LogP contribution < -0.4 is 0 Å². The summed E-state index contributed by atoms with van der Waals surface area (Å²) in [7, 11) is 0. The SMILES string of the molecule is Cc1cc(-n2c(C3CCOCC3)c(CCCC(=O)O)c3cc4[nH]ncc4cc32)ccc1F. The Hall–Kier alpha value is -3.19. The van der Waals surface area contributed by atoms with Crippen LogP contribution in [0.3, 0.4) is 0 Å². The summed E-state index contributed by atoms with van der Waals surface area (Å²) in [6.07, 6.45) is 4.97. The van der Waals surface area contributed by atoms with Crippen molar-refractivity contribution in [3.8, 4) is 5.69 Å². The van der Waals surface area contributed by atoms with Crippen molar-refractivity contribution < 1.29 is 19.0 Å². The Morgan fingerprint density at radius 2 is 2.09 bits per heavy atom. The maximum Gasteiger partial charge on any atom is 0.303 e. The smallest absolute Gasteiger partial charge is 0.303 e. The fourth-order valence-electron chi connectivity index (χ4n) is 4.93. The van der Waals surface area contributed by atoms with E-state index < -0.39 is 5.97 Å². The number of aromatic amines is 1. The third kappa shape index (κ3) is 3.66. The van der Waals surface area contributed by atoms with Gasteiger partial charge >= 0.3 is 5.97 Å². The second-order valence-electron chi connectivity index (χ2n) is 8.59. The number of carboxylic acids is 1. The van der Waals surface area contributed by atoms with Crippen LogP contribution in [0.25, 0.3) is 27.5 Å². The zero-order valence-electron chi connectivity index (χ0n) is 18.0. The predicted octanol–water partition coefficient (Wildman–Crippen LogP) is 5.26. The number of aryl methyl sites for hydroxylation is 2. The van der Waals surface area contributed by atoms with E-state index in [4.69, 9.17) is 4.74 Å². The lowest BCUT2D eigenvalue weighted by Crippen LogP contribution is -2.18. The third-order valence-corrected chi connectivity index (χ3v) is 6.50. The number of fused-ring (bicyclic) bond motifs is 2. The van der Waals surface area contributed by atoms with Crippen molar-refractivity contribution in [3.05, 3.63) is 59.2 Å². The van der Waals surface area contributed by atoms with Gasteiger partial charge in [0.25, 0.3) is 0 Å². The molecule has 2 aromatic carbocycles. The highest BCUT2D eigenvalue weighted by atomic mass is 19.1. The minimum atomic E-state index is -0.786. The van der Waals surface area contributed by atoms with E-state index in [1.165, 1.54) is 17.3 Å². The molecule has 3 heterocycles. The molecule has 1 saturated heterocycles. The van der Waals surface area contributed by atoms with Crippen LogP contribution in [-0.4, -0.2) is 39.1 Å². The van der Waals surface area contributed by atoms with Crippen LogP contribution >= 0.6 is 0 Å². The Kier molecular flexibility index (Phi) is 5.43. The van der Waals surface area contributed by atoms with Crippen LogP contribution in [0.2, 0.25) is 0 Å². The molecule has 1 fully saturated rings. The Balaban J connectivity index is 1.79. The highest BCUT2D eigenvalue weighted by Gasteiger charge is 2.27. The molecular formula is C25H26FN3O3. The van der Waals surface area contributed by atoms with Gasteiger partial charge in [-0.05, 0) is 74.1 Å². The number of aliphatic carboxylic acids is 1. The first kappa shape index (κ1) is 20.7. The molecule has 2 N–H and O–H groups in total. The molecule has 7 heteroatoms. The molecular weight excluding hydrogens is 409 g/mol. The number of aromatic nitrogens is 3. The maximum absolute atomic E-state index is 14.1. The minimum Gasteiger partial charge on any atom is -0.481 e. The van der Waals surface area contributed by atoms with Crippen LogP contribution in [-0.2, 0) is 16.0 Å². The van der Waals surface area contributed by atoms with E-state index in [9.17, 15) is 14.3 Å². The van der Waals surface area contributed by atoms with Gasteiger partial charge in [-0.1, -0.05) is 0 Å². The molecule has 166 valence electrons. The van der Waals surface area contributed by atoms with E-state index in [2.05, 4.69) is 26.9 Å². The number of nitrogens with zero attached hydrogens (tertiary/aromatic N) is 2. The lowest BCUT2D eigenvalue weighted by molar-refractivity contribution is -0.137. The molecule has 1 aliphatic rings. The summed E-state index contributed by atoms with van der Waals surface area (Å²) in [5.41, 5.74) is 5.87. The van der Waals surface area contributed by atoms with E-state index in [1.807, 2.05) is 12.1 Å². The zero-order chi connectivity index (χ0) is 22.2. The number of nitrogens with one attached hydrogen (secondary N) is 1. The number of rotatable bonds is 6. The molecule has 0 aliphatic carbocycles. The minimum absolute atomic E-state index is 0.127. The molecule has 0 atom stereocenters. The number of ether oxygens (including phenoxy) is 1. The fourth-order valence-corrected chi connectivity index (χ4v) is 4.93. The Bertz CT molecular complexity index is 1300. The largest absolute Gasteiger partial charge is 0.481 e. The van der Waals surface area contributed by atoms with E-state index in [0.29, 0.717) is 31.6 Å². The molecule has 0 saturated carbocycles. The van der Waals surface area contributed by atoms with Crippen LogP contribution in [0, 0.1) is 12.7 Å². The Morgan fingerprint density at radius 3 is 2.84 bits per heavy atom. The molecule has 32 heavy (non-hydrogen) atoms. The molecule has 0 radical (unpaired) electrons. The van der Waals surface area contributed by atoms with Gasteiger partial charge in [0, 0.05) is 47.7 Å². The van der Waals surface area contributed by atoms with Crippen molar-refractivity contribution in [3.63, 3.8) is 0 Å². The van der Waals surface area contributed by atoms with Crippen molar-refractivity contribution in [2.24, 2.45) is 0 Å². The molecule has 1 aliphatic heterocycles. The van der Waals surface area contributed by atoms with Gasteiger partial charge < -0.3 is 14.4 Å². The number of halogens is 1. The average molecular weight is 435 g/mol. The summed E-state index contributed by atoms with van der Waals surface area (Å²) < 4.78 is 22.0. The lowest BCUT2D eigenvalue weighted by atomic mass is 9.90. The van der Waals surface area contributed by atoms with Crippen molar-refractivity contribution in [1.29, 1.82) is 0 Å². The van der Waals surface area contributed by atoms with Crippen LogP contribution in [0.15, 0.2) is 36.5 Å². The van der Waals surface area contributed by atoms with Gasteiger partial charge in [-0.3, -0.25) is 9.89 Å². The van der Waals surface area contributed by atoms with Crippen molar-refractivity contribution in [1.82, 2.24) is 14.8 Å². The van der Waals surface area contributed by atoms with Crippen molar-refractivity contribution >= 4 is 27.8 Å². The summed E-state index contributed by atoms with van der Waals surface area (Å²) in [5.74, 6) is -0.721.